The molecule has 4 aliphatic rings. The Morgan fingerprint density at radius 3 is 2.53 bits per heavy atom. The number of hydrogen-bond donors (Lipinski definition) is 0. The van der Waals surface area contributed by atoms with Gasteiger partial charge in [-0.1, -0.05) is 28.7 Å². The molecule has 0 spiro atoms. The van der Waals surface area contributed by atoms with E-state index in [1.165, 1.54) is 24.8 Å². The van der Waals surface area contributed by atoms with Gasteiger partial charge in [0.25, 0.3) is 0 Å². The number of hydrogen-bond acceptors (Lipinski definition) is 2. The Morgan fingerprint density at radius 2 is 1.80 bits per heavy atom. The van der Waals surface area contributed by atoms with Crippen molar-refractivity contribution in [2.45, 2.75) is 28.1 Å². The van der Waals surface area contributed by atoms with Crippen molar-refractivity contribution in [3.8, 4) is 11.5 Å². The Morgan fingerprint density at radius 1 is 1.07 bits per heavy atom. The zero-order valence-electron chi connectivity index (χ0n) is 8.25. The second-order valence-electron chi connectivity index (χ2n) is 5.03. The number of benzene rings is 1. The molecule has 5 rings (SSSR count). The summed E-state index contributed by atoms with van der Waals surface area (Å²) in [6.45, 7) is 0.377. The summed E-state index contributed by atoms with van der Waals surface area (Å²) in [5.74, 6) is 1.83. The summed E-state index contributed by atoms with van der Waals surface area (Å²) in [5.41, 5.74) is 1.94. The fourth-order valence-corrected chi connectivity index (χ4v) is 5.39. The van der Waals surface area contributed by atoms with Gasteiger partial charge in [-0.05, 0) is 42.4 Å². The van der Waals surface area contributed by atoms with Crippen LogP contribution in [0.15, 0.2) is 18.2 Å². The van der Waals surface area contributed by atoms with Gasteiger partial charge in [0.15, 0.2) is 11.5 Å². The predicted octanol–water partition coefficient (Wildman–Crippen LogP) is 3.02. The molecule has 0 amide bonds. The summed E-state index contributed by atoms with van der Waals surface area (Å²) in [4.78, 5) is 0. The smallest absolute Gasteiger partial charge is 0.231 e. The highest BCUT2D eigenvalue weighted by molar-refractivity contribution is 14.1. The number of ether oxygens (including phenoxy) is 2. The summed E-state index contributed by atoms with van der Waals surface area (Å²) < 4.78 is 11.4. The van der Waals surface area contributed by atoms with E-state index in [-0.39, 0.29) is 0 Å². The highest BCUT2D eigenvalue weighted by atomic mass is 127. The minimum absolute atomic E-state index is 0.377. The first-order chi connectivity index (χ1) is 7.19. The highest BCUT2D eigenvalue weighted by Gasteiger charge is 2.67. The maximum atomic E-state index is 5.42. The third-order valence-corrected chi connectivity index (χ3v) is 5.09. The van der Waals surface area contributed by atoms with Crippen LogP contribution in [0.2, 0.25) is 0 Å². The molecule has 1 aliphatic heterocycles. The van der Waals surface area contributed by atoms with Gasteiger partial charge in [-0.25, -0.2) is 0 Å². The summed E-state index contributed by atoms with van der Waals surface area (Å²) in [6, 6.07) is 6.44. The average molecular weight is 314 g/mol. The van der Waals surface area contributed by atoms with Crippen molar-refractivity contribution in [1.29, 1.82) is 0 Å². The first-order valence-corrected chi connectivity index (χ1v) is 6.36. The first kappa shape index (κ1) is 8.67. The largest absolute Gasteiger partial charge is 0.454 e. The van der Waals surface area contributed by atoms with E-state index in [1.807, 2.05) is 0 Å². The fourth-order valence-electron chi connectivity index (χ4n) is 3.20. The Bertz CT molecular complexity index is 435. The zero-order chi connectivity index (χ0) is 10.1. The monoisotopic (exact) mass is 314 g/mol. The molecule has 0 atom stereocenters. The van der Waals surface area contributed by atoms with Crippen molar-refractivity contribution in [2.75, 3.05) is 6.79 Å². The number of halogens is 1. The molecule has 3 heteroatoms. The predicted molar refractivity (Wildman–Crippen MR) is 64.8 cm³/mol. The molecule has 0 aromatic heterocycles. The van der Waals surface area contributed by atoms with E-state index in [0.29, 0.717) is 15.6 Å². The zero-order valence-corrected chi connectivity index (χ0v) is 10.4. The molecule has 15 heavy (non-hydrogen) atoms. The Balaban J connectivity index is 1.73. The minimum atomic E-state index is 0.377. The average Bonchev–Trinajstić information content (AvgIpc) is 2.57. The van der Waals surface area contributed by atoms with Crippen molar-refractivity contribution in [2.24, 2.45) is 0 Å². The van der Waals surface area contributed by atoms with Crippen LogP contribution in [0.1, 0.15) is 24.8 Å². The third-order valence-electron chi connectivity index (χ3n) is 3.95. The lowest BCUT2D eigenvalue weighted by Gasteiger charge is -2.68. The van der Waals surface area contributed by atoms with Crippen LogP contribution in [0.3, 0.4) is 0 Å². The maximum absolute atomic E-state index is 5.42. The van der Waals surface area contributed by atoms with E-state index >= 15 is 0 Å². The van der Waals surface area contributed by atoms with Crippen LogP contribution in [-0.2, 0) is 5.41 Å². The van der Waals surface area contributed by atoms with E-state index in [0.717, 1.165) is 11.5 Å². The van der Waals surface area contributed by atoms with E-state index in [9.17, 15) is 0 Å². The quantitative estimate of drug-likeness (QED) is 0.586. The topological polar surface area (TPSA) is 18.5 Å². The Kier molecular flexibility index (Phi) is 1.41. The van der Waals surface area contributed by atoms with Gasteiger partial charge in [0.05, 0.1) is 0 Å². The Labute approximate surface area is 102 Å². The van der Waals surface area contributed by atoms with Crippen LogP contribution in [0.5, 0.6) is 11.5 Å². The minimum Gasteiger partial charge on any atom is -0.454 e. The lowest BCUT2D eigenvalue weighted by atomic mass is 9.42. The van der Waals surface area contributed by atoms with Crippen molar-refractivity contribution in [1.82, 2.24) is 0 Å². The van der Waals surface area contributed by atoms with Crippen LogP contribution in [0.4, 0.5) is 0 Å². The molecule has 2 nitrogen and oxygen atoms in total. The van der Waals surface area contributed by atoms with Gasteiger partial charge in [0.2, 0.25) is 6.79 Å². The summed E-state index contributed by atoms with van der Waals surface area (Å²) in [7, 11) is 0. The van der Waals surface area contributed by atoms with Crippen LogP contribution in [-0.4, -0.2) is 10.2 Å². The number of rotatable bonds is 1. The standard InChI is InChI=1S/C12H11IO2/c13-12-4-11(5-12,6-12)8-1-2-9-10(3-8)15-7-14-9/h1-3H,4-7H2. The molecule has 0 N–H and O–H groups in total. The molecular formula is C12H11IO2. The summed E-state index contributed by atoms with van der Waals surface area (Å²) in [6.07, 6.45) is 4.04. The number of alkyl halides is 1. The van der Waals surface area contributed by atoms with Crippen molar-refractivity contribution in [3.05, 3.63) is 23.8 Å². The molecule has 1 heterocycles. The van der Waals surface area contributed by atoms with Gasteiger partial charge in [-0.15, -0.1) is 0 Å². The van der Waals surface area contributed by atoms with Crippen molar-refractivity contribution >= 4 is 22.6 Å². The van der Waals surface area contributed by atoms with Gasteiger partial charge >= 0.3 is 0 Å². The van der Waals surface area contributed by atoms with Gasteiger partial charge in [-0.2, -0.15) is 0 Å². The second-order valence-corrected chi connectivity index (χ2v) is 7.32. The van der Waals surface area contributed by atoms with Crippen LogP contribution in [0.25, 0.3) is 0 Å². The van der Waals surface area contributed by atoms with Crippen molar-refractivity contribution < 1.29 is 9.47 Å². The van der Waals surface area contributed by atoms with E-state index in [2.05, 4.69) is 40.8 Å². The maximum Gasteiger partial charge on any atom is 0.231 e. The summed E-state index contributed by atoms with van der Waals surface area (Å²) >= 11 is 2.61. The first-order valence-electron chi connectivity index (χ1n) is 5.28. The van der Waals surface area contributed by atoms with Crippen LogP contribution in [0, 0.1) is 0 Å². The second kappa shape index (κ2) is 2.44. The fraction of sp³-hybridized carbons (Fsp3) is 0.500. The molecule has 3 saturated carbocycles. The van der Waals surface area contributed by atoms with E-state index < -0.39 is 0 Å². The molecule has 0 unspecified atom stereocenters. The molecule has 2 bridgehead atoms. The molecule has 0 radical (unpaired) electrons. The SMILES string of the molecule is IC12CC(c3ccc4c(c3)OCO4)(C1)C2. The van der Waals surface area contributed by atoms with E-state index in [4.69, 9.17) is 9.47 Å². The molecule has 78 valence electrons. The van der Waals surface area contributed by atoms with Gasteiger partial charge < -0.3 is 9.47 Å². The van der Waals surface area contributed by atoms with Gasteiger partial charge in [-0.3, -0.25) is 0 Å². The highest BCUT2D eigenvalue weighted by Crippen LogP contribution is 2.72. The molecule has 3 fully saturated rings. The van der Waals surface area contributed by atoms with Crippen LogP contribution < -0.4 is 9.47 Å². The van der Waals surface area contributed by atoms with Gasteiger partial charge in [0.1, 0.15) is 0 Å². The molecular weight excluding hydrogens is 303 g/mol. The van der Waals surface area contributed by atoms with E-state index in [1.54, 1.807) is 0 Å². The molecule has 1 aromatic carbocycles. The van der Waals surface area contributed by atoms with Gasteiger partial charge in [0, 0.05) is 3.42 Å². The van der Waals surface area contributed by atoms with Crippen molar-refractivity contribution in [3.63, 3.8) is 0 Å². The normalized spacial score (nSPS) is 39.5. The third kappa shape index (κ3) is 0.998. The van der Waals surface area contributed by atoms with Crippen LogP contribution >= 0.6 is 22.6 Å². The summed E-state index contributed by atoms with van der Waals surface area (Å²) in [5, 5.41) is 0. The molecule has 0 saturated heterocycles. The molecule has 3 aliphatic carbocycles. The number of fused-ring (bicyclic) bond motifs is 1. The Hall–Kier alpha value is -0.450. The lowest BCUT2D eigenvalue weighted by Crippen LogP contribution is -2.65. The molecule has 1 aromatic rings. The lowest BCUT2D eigenvalue weighted by molar-refractivity contribution is 0.0219.